The molecule has 1 aromatic heterocycles. The third-order valence-electron chi connectivity index (χ3n) is 5.90. The number of thioether (sulfide) groups is 1. The lowest BCUT2D eigenvalue weighted by molar-refractivity contribution is -0.118. The summed E-state index contributed by atoms with van der Waals surface area (Å²) in [5.41, 5.74) is 6.91. The lowest BCUT2D eigenvalue weighted by Gasteiger charge is -2.19. The molecular weight excluding hydrogens is 494 g/mol. The van der Waals surface area contributed by atoms with Crippen molar-refractivity contribution < 1.29 is 9.90 Å². The van der Waals surface area contributed by atoms with Crippen molar-refractivity contribution in [3.05, 3.63) is 102 Å². The van der Waals surface area contributed by atoms with E-state index < -0.39 is 0 Å². The van der Waals surface area contributed by atoms with E-state index in [9.17, 15) is 9.90 Å². The largest absolute Gasteiger partial charge is 0.507 e. The first-order valence-electron chi connectivity index (χ1n) is 12.3. The summed E-state index contributed by atoms with van der Waals surface area (Å²) in [5, 5.41) is 23.8. The smallest absolute Gasteiger partial charge is 0.250 e. The minimum absolute atomic E-state index is 0.0512. The Bertz CT molecular complexity index is 1440. The van der Waals surface area contributed by atoms with Gasteiger partial charge in [0.2, 0.25) is 0 Å². The molecule has 4 rings (SSSR count). The van der Waals surface area contributed by atoms with Crippen LogP contribution in [0.4, 0.5) is 0 Å². The summed E-state index contributed by atoms with van der Waals surface area (Å²) in [4.78, 5) is 12.5. The monoisotopic (exact) mass is 525 g/mol. The number of phenols is 1. The number of nitrogens with one attached hydrogen (secondary N) is 1. The molecule has 7 nitrogen and oxygen atoms in total. The van der Waals surface area contributed by atoms with Gasteiger partial charge in [-0.05, 0) is 41.2 Å². The van der Waals surface area contributed by atoms with Crippen LogP contribution >= 0.6 is 11.8 Å². The average Bonchev–Trinajstić information content (AvgIpc) is 3.34. The third kappa shape index (κ3) is 6.39. The maximum Gasteiger partial charge on any atom is 0.250 e. The van der Waals surface area contributed by atoms with E-state index in [0.717, 1.165) is 16.8 Å². The third-order valence-corrected chi connectivity index (χ3v) is 6.83. The summed E-state index contributed by atoms with van der Waals surface area (Å²) in [6.45, 7) is 10.2. The second kappa shape index (κ2) is 11.9. The maximum absolute atomic E-state index is 12.5. The molecule has 2 N–H and O–H groups in total. The average molecular weight is 526 g/mol. The van der Waals surface area contributed by atoms with Crippen LogP contribution in [-0.2, 0) is 16.6 Å². The first-order chi connectivity index (χ1) is 18.3. The number of nitrogens with zero attached hydrogens (tertiary/aromatic N) is 4. The van der Waals surface area contributed by atoms with Gasteiger partial charge in [0, 0.05) is 16.8 Å². The Hall–Kier alpha value is -4.17. The summed E-state index contributed by atoms with van der Waals surface area (Å²) < 4.78 is 1.95. The molecule has 0 saturated carbocycles. The second-order valence-corrected chi connectivity index (χ2v) is 10.7. The van der Waals surface area contributed by atoms with Crippen LogP contribution in [0.2, 0.25) is 0 Å². The van der Waals surface area contributed by atoms with Crippen molar-refractivity contribution in [1.29, 1.82) is 0 Å². The molecule has 0 bridgehead atoms. The number of aromatic hydroxyl groups is 1. The molecule has 1 amide bonds. The van der Waals surface area contributed by atoms with Crippen LogP contribution < -0.4 is 5.43 Å². The van der Waals surface area contributed by atoms with Gasteiger partial charge < -0.3 is 5.11 Å². The summed E-state index contributed by atoms with van der Waals surface area (Å²) in [6.07, 6.45) is 3.69. The zero-order chi connectivity index (χ0) is 27.1. The normalized spacial score (nSPS) is 11.6. The van der Waals surface area contributed by atoms with E-state index in [1.54, 1.807) is 12.1 Å². The lowest BCUT2D eigenvalue weighted by atomic mass is 9.87. The molecule has 0 aliphatic rings. The molecule has 1 heterocycles. The molecule has 0 atom stereocenters. The first kappa shape index (κ1) is 26.9. The van der Waals surface area contributed by atoms with Gasteiger partial charge in [0.15, 0.2) is 11.0 Å². The van der Waals surface area contributed by atoms with Crippen LogP contribution in [0.5, 0.6) is 5.75 Å². The Kier molecular flexibility index (Phi) is 8.43. The van der Waals surface area contributed by atoms with E-state index in [0.29, 0.717) is 23.0 Å². The molecule has 4 aromatic rings. The van der Waals surface area contributed by atoms with Gasteiger partial charge in [-0.1, -0.05) is 93.2 Å². The highest BCUT2D eigenvalue weighted by Gasteiger charge is 2.19. The van der Waals surface area contributed by atoms with E-state index in [1.807, 2.05) is 47.0 Å². The SMILES string of the molecule is C=CCc1cccc(/C=N/NC(=O)CSc2nnc(-c3ccc(C(C)(C)C)cc3)n2-c2ccccc2)c1O. The Balaban J connectivity index is 1.50. The van der Waals surface area contributed by atoms with Crippen molar-refractivity contribution >= 4 is 23.9 Å². The molecule has 0 aliphatic heterocycles. The number of carbonyl (C=O) groups excluding carboxylic acids is 1. The van der Waals surface area contributed by atoms with Crippen molar-refractivity contribution in [1.82, 2.24) is 20.2 Å². The number of amides is 1. The van der Waals surface area contributed by atoms with E-state index in [2.05, 4.69) is 72.3 Å². The highest BCUT2D eigenvalue weighted by atomic mass is 32.2. The Labute approximate surface area is 227 Å². The molecule has 0 saturated heterocycles. The van der Waals surface area contributed by atoms with Crippen LogP contribution in [0, 0.1) is 0 Å². The maximum atomic E-state index is 12.5. The van der Waals surface area contributed by atoms with E-state index in [4.69, 9.17) is 0 Å². The number of rotatable bonds is 9. The van der Waals surface area contributed by atoms with Crippen molar-refractivity contribution in [2.75, 3.05) is 5.75 Å². The first-order valence-corrected chi connectivity index (χ1v) is 13.2. The molecule has 194 valence electrons. The van der Waals surface area contributed by atoms with Gasteiger partial charge in [0.25, 0.3) is 5.91 Å². The van der Waals surface area contributed by atoms with E-state index in [-0.39, 0.29) is 22.8 Å². The Morgan fingerprint density at radius 3 is 2.47 bits per heavy atom. The Morgan fingerprint density at radius 2 is 1.79 bits per heavy atom. The second-order valence-electron chi connectivity index (χ2n) is 9.73. The minimum Gasteiger partial charge on any atom is -0.507 e. The summed E-state index contributed by atoms with van der Waals surface area (Å²) in [5.74, 6) is 0.617. The van der Waals surface area contributed by atoms with Gasteiger partial charge in [0.1, 0.15) is 5.75 Å². The van der Waals surface area contributed by atoms with Crippen molar-refractivity contribution in [2.45, 2.75) is 37.8 Å². The molecule has 3 aromatic carbocycles. The van der Waals surface area contributed by atoms with Crippen molar-refractivity contribution in [2.24, 2.45) is 5.10 Å². The number of hydrogen-bond donors (Lipinski definition) is 2. The quantitative estimate of drug-likeness (QED) is 0.123. The minimum atomic E-state index is -0.299. The summed E-state index contributed by atoms with van der Waals surface area (Å²) in [7, 11) is 0. The molecule has 0 fully saturated rings. The fourth-order valence-corrected chi connectivity index (χ4v) is 4.60. The van der Waals surface area contributed by atoms with Gasteiger partial charge in [-0.3, -0.25) is 9.36 Å². The van der Waals surface area contributed by atoms with Gasteiger partial charge in [0.05, 0.1) is 12.0 Å². The molecule has 38 heavy (non-hydrogen) atoms. The number of benzene rings is 3. The van der Waals surface area contributed by atoms with Gasteiger partial charge >= 0.3 is 0 Å². The predicted octanol–water partition coefficient (Wildman–Crippen LogP) is 5.91. The zero-order valence-corrected chi connectivity index (χ0v) is 22.6. The molecule has 0 aliphatic carbocycles. The van der Waals surface area contributed by atoms with Gasteiger partial charge in [-0.25, -0.2) is 5.43 Å². The molecule has 0 unspecified atom stereocenters. The lowest BCUT2D eigenvalue weighted by Crippen LogP contribution is -2.20. The van der Waals surface area contributed by atoms with Gasteiger partial charge in [-0.15, -0.1) is 16.8 Å². The van der Waals surface area contributed by atoms with Crippen LogP contribution in [0.25, 0.3) is 17.1 Å². The van der Waals surface area contributed by atoms with Crippen LogP contribution in [0.1, 0.15) is 37.5 Å². The highest BCUT2D eigenvalue weighted by Crippen LogP contribution is 2.30. The highest BCUT2D eigenvalue weighted by molar-refractivity contribution is 7.99. The predicted molar refractivity (Wildman–Crippen MR) is 154 cm³/mol. The molecule has 0 radical (unpaired) electrons. The topological polar surface area (TPSA) is 92.4 Å². The standard InChI is InChI=1S/C30H31N5O2S/c1-5-10-21-11-9-12-23(27(21)37)19-31-32-26(36)20-38-29-34-33-28(35(29)25-13-7-6-8-14-25)22-15-17-24(18-16-22)30(2,3)4/h5-9,11-19,37H,1,10,20H2,2-4H3,(H,32,36)/b31-19+. The molecule has 0 spiro atoms. The molecule has 8 heteroatoms. The zero-order valence-electron chi connectivity index (χ0n) is 21.8. The number of aromatic nitrogens is 3. The number of carbonyl (C=O) groups is 1. The molecular formula is C30H31N5O2S. The number of hydrazone groups is 1. The number of para-hydroxylation sites is 2. The van der Waals surface area contributed by atoms with E-state index in [1.165, 1.54) is 23.5 Å². The Morgan fingerprint density at radius 1 is 1.05 bits per heavy atom. The van der Waals surface area contributed by atoms with Crippen LogP contribution in [0.15, 0.2) is 95.7 Å². The van der Waals surface area contributed by atoms with Gasteiger partial charge in [-0.2, -0.15) is 5.10 Å². The number of allylic oxidation sites excluding steroid dienone is 1. The fraction of sp³-hybridized carbons (Fsp3) is 0.200. The summed E-state index contributed by atoms with van der Waals surface area (Å²) in [6, 6.07) is 23.5. The van der Waals surface area contributed by atoms with Crippen LogP contribution in [0.3, 0.4) is 0 Å². The fourth-order valence-electron chi connectivity index (χ4n) is 3.85. The van der Waals surface area contributed by atoms with E-state index >= 15 is 0 Å². The number of hydrogen-bond acceptors (Lipinski definition) is 6. The van der Waals surface area contributed by atoms with Crippen molar-refractivity contribution in [3.8, 4) is 22.8 Å². The van der Waals surface area contributed by atoms with Crippen molar-refractivity contribution in [3.63, 3.8) is 0 Å². The summed E-state index contributed by atoms with van der Waals surface area (Å²) >= 11 is 1.27. The number of phenolic OH excluding ortho intramolecular Hbond substituents is 1. The van der Waals surface area contributed by atoms with Crippen LogP contribution in [-0.4, -0.2) is 37.7 Å².